The Kier molecular flexibility index (Phi) is 9.21. The molecule has 0 aliphatic heterocycles. The molecule has 0 rings (SSSR count). The number of nitrogens with zero attached hydrogens (tertiary/aromatic N) is 1. The molecule has 0 bridgehead atoms. The van der Waals surface area contributed by atoms with Crippen molar-refractivity contribution in [1.29, 1.82) is 0 Å². The molecule has 0 aromatic heterocycles. The Labute approximate surface area is 116 Å². The van der Waals surface area contributed by atoms with Gasteiger partial charge in [0.05, 0.1) is 6.54 Å². The van der Waals surface area contributed by atoms with Gasteiger partial charge in [0.15, 0.2) is 0 Å². The maximum Gasteiger partial charge on any atom is 0.326 e. The zero-order valence-corrected chi connectivity index (χ0v) is 12.6. The summed E-state index contributed by atoms with van der Waals surface area (Å²) in [5.41, 5.74) is 0. The molecule has 2 unspecified atom stereocenters. The molecule has 19 heavy (non-hydrogen) atoms. The molecule has 0 aromatic rings. The van der Waals surface area contributed by atoms with E-state index in [2.05, 4.69) is 12.2 Å². The Bertz CT molecular complexity index is 282. The lowest BCUT2D eigenvalue weighted by molar-refractivity contribution is -0.143. The van der Waals surface area contributed by atoms with Crippen LogP contribution in [-0.4, -0.2) is 47.6 Å². The number of nitrogens with one attached hydrogen (secondary N) is 1. The van der Waals surface area contributed by atoms with E-state index in [1.165, 1.54) is 0 Å². The third kappa shape index (κ3) is 7.15. The van der Waals surface area contributed by atoms with Crippen LogP contribution in [0.2, 0.25) is 0 Å². The molecule has 0 aliphatic rings. The number of carboxylic acid groups (broad SMARTS) is 1. The first-order chi connectivity index (χ1) is 8.96. The predicted octanol–water partition coefficient (Wildman–Crippen LogP) is 1.72. The summed E-state index contributed by atoms with van der Waals surface area (Å²) in [5, 5.41) is 11.8. The van der Waals surface area contributed by atoms with E-state index in [0.717, 1.165) is 32.4 Å². The fraction of sp³-hybridized carbons (Fsp3) is 0.857. The lowest BCUT2D eigenvalue weighted by Gasteiger charge is -2.23. The first kappa shape index (κ1) is 17.9. The fourth-order valence-electron chi connectivity index (χ4n) is 1.84. The van der Waals surface area contributed by atoms with Crippen LogP contribution in [0.4, 0.5) is 0 Å². The number of hydrogen-bond donors (Lipinski definition) is 2. The maximum atomic E-state index is 11.9. The van der Waals surface area contributed by atoms with Crippen LogP contribution in [0, 0.1) is 5.92 Å². The molecule has 1 amide bonds. The van der Waals surface area contributed by atoms with E-state index < -0.39 is 12.0 Å². The minimum absolute atomic E-state index is 0.0628. The molecule has 0 saturated heterocycles. The summed E-state index contributed by atoms with van der Waals surface area (Å²) in [7, 11) is 0. The quantitative estimate of drug-likeness (QED) is 0.635. The summed E-state index contributed by atoms with van der Waals surface area (Å²) in [6.07, 6.45) is 2.86. The Hall–Kier alpha value is -1.10. The molecule has 0 aliphatic carbocycles. The van der Waals surface area contributed by atoms with Crippen molar-refractivity contribution in [3.05, 3.63) is 0 Å². The van der Waals surface area contributed by atoms with Gasteiger partial charge in [-0.1, -0.05) is 40.5 Å². The van der Waals surface area contributed by atoms with E-state index in [0.29, 0.717) is 0 Å². The molecular weight excluding hydrogens is 244 g/mol. The summed E-state index contributed by atoms with van der Waals surface area (Å²) >= 11 is 0. The smallest absolute Gasteiger partial charge is 0.326 e. The zero-order valence-electron chi connectivity index (χ0n) is 12.6. The van der Waals surface area contributed by atoms with E-state index in [1.807, 2.05) is 25.7 Å². The molecule has 0 radical (unpaired) electrons. The van der Waals surface area contributed by atoms with Crippen molar-refractivity contribution in [2.75, 3.05) is 19.6 Å². The highest BCUT2D eigenvalue weighted by Crippen LogP contribution is 2.08. The summed E-state index contributed by atoms with van der Waals surface area (Å²) in [6, 6.07) is -0.789. The number of likely N-dealkylation sites (N-methyl/N-ethyl adjacent to an activating group) is 1. The first-order valence-corrected chi connectivity index (χ1v) is 7.20. The molecule has 0 aromatic carbocycles. The lowest BCUT2D eigenvalue weighted by atomic mass is 9.99. The van der Waals surface area contributed by atoms with Gasteiger partial charge >= 0.3 is 5.97 Å². The minimum Gasteiger partial charge on any atom is -0.480 e. The van der Waals surface area contributed by atoms with Crippen molar-refractivity contribution in [3.63, 3.8) is 0 Å². The van der Waals surface area contributed by atoms with Crippen LogP contribution in [0.3, 0.4) is 0 Å². The Morgan fingerprint density at radius 1 is 1.26 bits per heavy atom. The van der Waals surface area contributed by atoms with Crippen LogP contribution in [0.15, 0.2) is 0 Å². The first-order valence-electron chi connectivity index (χ1n) is 7.20. The van der Waals surface area contributed by atoms with Crippen LogP contribution in [-0.2, 0) is 9.59 Å². The molecule has 0 saturated carbocycles. The molecule has 5 heteroatoms. The van der Waals surface area contributed by atoms with Gasteiger partial charge in [0.1, 0.15) is 6.04 Å². The summed E-state index contributed by atoms with van der Waals surface area (Å²) < 4.78 is 0. The van der Waals surface area contributed by atoms with E-state index in [4.69, 9.17) is 5.11 Å². The number of rotatable bonds is 10. The molecule has 0 fully saturated rings. The van der Waals surface area contributed by atoms with Gasteiger partial charge in [-0.3, -0.25) is 9.69 Å². The molecular formula is C14H28N2O3. The van der Waals surface area contributed by atoms with E-state index in [1.54, 1.807) is 0 Å². The van der Waals surface area contributed by atoms with Crippen LogP contribution in [0.1, 0.15) is 47.0 Å². The Morgan fingerprint density at radius 3 is 2.32 bits per heavy atom. The van der Waals surface area contributed by atoms with Crippen molar-refractivity contribution in [1.82, 2.24) is 10.2 Å². The zero-order chi connectivity index (χ0) is 14.8. The van der Waals surface area contributed by atoms with Gasteiger partial charge < -0.3 is 10.4 Å². The number of unbranched alkanes of at least 4 members (excludes halogenated alkanes) is 1. The summed E-state index contributed by atoms with van der Waals surface area (Å²) in [6.45, 7) is 9.83. The van der Waals surface area contributed by atoms with Crippen LogP contribution >= 0.6 is 0 Å². The highest BCUT2D eigenvalue weighted by Gasteiger charge is 2.25. The molecule has 0 spiro atoms. The number of aliphatic carboxylic acids is 1. The molecule has 112 valence electrons. The van der Waals surface area contributed by atoms with Crippen molar-refractivity contribution in [2.24, 2.45) is 5.92 Å². The van der Waals surface area contributed by atoms with Gasteiger partial charge in [0.25, 0.3) is 0 Å². The van der Waals surface area contributed by atoms with Gasteiger partial charge in [0, 0.05) is 0 Å². The van der Waals surface area contributed by atoms with E-state index in [-0.39, 0.29) is 18.4 Å². The highest BCUT2D eigenvalue weighted by atomic mass is 16.4. The van der Waals surface area contributed by atoms with Gasteiger partial charge in [-0.15, -0.1) is 0 Å². The molecule has 0 heterocycles. The second-order valence-electron chi connectivity index (χ2n) is 4.99. The maximum absolute atomic E-state index is 11.9. The number of amides is 1. The average Bonchev–Trinajstić information content (AvgIpc) is 2.39. The average molecular weight is 272 g/mol. The monoisotopic (exact) mass is 272 g/mol. The molecule has 2 N–H and O–H groups in total. The number of carbonyl (C=O) groups excluding carboxylic acids is 1. The third-order valence-corrected chi connectivity index (χ3v) is 3.44. The van der Waals surface area contributed by atoms with Crippen LogP contribution in [0.5, 0.6) is 0 Å². The van der Waals surface area contributed by atoms with Gasteiger partial charge in [-0.05, 0) is 25.4 Å². The highest BCUT2D eigenvalue weighted by molar-refractivity contribution is 5.84. The minimum atomic E-state index is -0.959. The third-order valence-electron chi connectivity index (χ3n) is 3.44. The van der Waals surface area contributed by atoms with Crippen molar-refractivity contribution in [3.8, 4) is 0 Å². The standard InChI is InChI=1S/C14H28N2O3/c1-5-8-9-16(7-3)10-12(17)15-13(14(18)19)11(4)6-2/h11,13H,5-10H2,1-4H3,(H,15,17)(H,18,19). The normalized spacial score (nSPS) is 14.2. The largest absolute Gasteiger partial charge is 0.480 e. The Morgan fingerprint density at radius 2 is 1.89 bits per heavy atom. The van der Waals surface area contributed by atoms with Gasteiger partial charge in [-0.2, -0.15) is 0 Å². The SMILES string of the molecule is CCCCN(CC)CC(=O)NC(C(=O)O)C(C)CC. The lowest BCUT2D eigenvalue weighted by Crippen LogP contribution is -2.48. The second-order valence-corrected chi connectivity index (χ2v) is 4.99. The number of hydrogen-bond acceptors (Lipinski definition) is 3. The number of carboxylic acids is 1. The van der Waals surface area contributed by atoms with Crippen molar-refractivity contribution < 1.29 is 14.7 Å². The van der Waals surface area contributed by atoms with Gasteiger partial charge in [-0.25, -0.2) is 4.79 Å². The molecule has 2 atom stereocenters. The predicted molar refractivity (Wildman–Crippen MR) is 76.0 cm³/mol. The summed E-state index contributed by atoms with van der Waals surface area (Å²) in [5.74, 6) is -1.22. The molecule has 5 nitrogen and oxygen atoms in total. The number of carbonyl (C=O) groups is 2. The summed E-state index contributed by atoms with van der Waals surface area (Å²) in [4.78, 5) is 25.1. The Balaban J connectivity index is 4.35. The van der Waals surface area contributed by atoms with Gasteiger partial charge in [0.2, 0.25) is 5.91 Å². The topological polar surface area (TPSA) is 69.6 Å². The van der Waals surface area contributed by atoms with E-state index in [9.17, 15) is 9.59 Å². The van der Waals surface area contributed by atoms with Crippen molar-refractivity contribution >= 4 is 11.9 Å². The van der Waals surface area contributed by atoms with Crippen molar-refractivity contribution in [2.45, 2.75) is 53.0 Å². The van der Waals surface area contributed by atoms with E-state index >= 15 is 0 Å². The second kappa shape index (κ2) is 9.78. The van der Waals surface area contributed by atoms with Crippen LogP contribution in [0.25, 0.3) is 0 Å². The van der Waals surface area contributed by atoms with Crippen LogP contribution < -0.4 is 5.32 Å². The fourth-order valence-corrected chi connectivity index (χ4v) is 1.84.